The fraction of sp³-hybridized carbons (Fsp3) is 0.292. The highest BCUT2D eigenvalue weighted by Gasteiger charge is 2.28. The predicted octanol–water partition coefficient (Wildman–Crippen LogP) is 3.75. The van der Waals surface area contributed by atoms with Crippen molar-refractivity contribution in [3.63, 3.8) is 0 Å². The number of amides is 2. The Hall–Kier alpha value is -3.81. The third-order valence-electron chi connectivity index (χ3n) is 5.47. The van der Waals surface area contributed by atoms with Crippen LogP contribution in [0.15, 0.2) is 65.7 Å². The molecule has 1 aliphatic rings. The molecule has 2 aromatic heterocycles. The second kappa shape index (κ2) is 10.00. The number of rotatable bonds is 7. The monoisotopic (exact) mass is 435 g/mol. The molecule has 1 aliphatic heterocycles. The lowest BCUT2D eigenvalue weighted by molar-refractivity contribution is -0.121. The highest BCUT2D eigenvalue weighted by atomic mass is 16.5. The molecule has 1 fully saturated rings. The van der Waals surface area contributed by atoms with E-state index in [4.69, 9.17) is 13.9 Å². The molecule has 1 saturated heterocycles. The van der Waals surface area contributed by atoms with Crippen LogP contribution >= 0.6 is 0 Å². The van der Waals surface area contributed by atoms with Gasteiger partial charge in [0, 0.05) is 48.7 Å². The smallest absolute Gasteiger partial charge is 0.257 e. The summed E-state index contributed by atoms with van der Waals surface area (Å²) in [5.41, 5.74) is 2.10. The van der Waals surface area contributed by atoms with Crippen molar-refractivity contribution in [1.29, 1.82) is 0 Å². The number of pyridine rings is 1. The van der Waals surface area contributed by atoms with Crippen LogP contribution in [0.1, 0.15) is 28.8 Å². The fourth-order valence-corrected chi connectivity index (χ4v) is 3.67. The Morgan fingerprint density at radius 1 is 1.19 bits per heavy atom. The van der Waals surface area contributed by atoms with Gasteiger partial charge in [-0.05, 0) is 37.1 Å². The van der Waals surface area contributed by atoms with Crippen molar-refractivity contribution in [2.75, 3.05) is 25.5 Å². The van der Waals surface area contributed by atoms with Gasteiger partial charge in [-0.2, -0.15) is 0 Å². The predicted molar refractivity (Wildman–Crippen MR) is 118 cm³/mol. The molecule has 32 heavy (non-hydrogen) atoms. The average Bonchev–Trinajstić information content (AvgIpc) is 3.38. The maximum atomic E-state index is 12.8. The van der Waals surface area contributed by atoms with Crippen LogP contribution in [0.25, 0.3) is 0 Å². The normalized spacial score (nSPS) is 14.1. The van der Waals surface area contributed by atoms with E-state index >= 15 is 0 Å². The fourth-order valence-electron chi connectivity index (χ4n) is 3.67. The van der Waals surface area contributed by atoms with Gasteiger partial charge in [0.05, 0.1) is 18.9 Å². The third-order valence-corrected chi connectivity index (χ3v) is 5.47. The number of nitrogens with zero attached hydrogens (tertiary/aromatic N) is 2. The molecule has 0 atom stereocenters. The van der Waals surface area contributed by atoms with E-state index in [1.54, 1.807) is 48.7 Å². The van der Waals surface area contributed by atoms with E-state index in [9.17, 15) is 9.59 Å². The summed E-state index contributed by atoms with van der Waals surface area (Å²) in [6.07, 6.45) is 7.58. The van der Waals surface area contributed by atoms with Crippen LogP contribution < -0.4 is 14.8 Å². The van der Waals surface area contributed by atoms with Crippen LogP contribution in [0.3, 0.4) is 0 Å². The molecule has 0 aliphatic carbocycles. The van der Waals surface area contributed by atoms with Crippen LogP contribution in [-0.2, 0) is 11.4 Å². The number of hydrogen-bond acceptors (Lipinski definition) is 6. The van der Waals surface area contributed by atoms with Gasteiger partial charge in [-0.3, -0.25) is 14.6 Å². The Labute approximate surface area is 186 Å². The van der Waals surface area contributed by atoms with Crippen molar-refractivity contribution >= 4 is 17.5 Å². The van der Waals surface area contributed by atoms with Crippen molar-refractivity contribution in [2.45, 2.75) is 19.4 Å². The maximum Gasteiger partial charge on any atom is 0.257 e. The van der Waals surface area contributed by atoms with Crippen molar-refractivity contribution in [3.8, 4) is 11.5 Å². The summed E-state index contributed by atoms with van der Waals surface area (Å²) in [5, 5.41) is 2.97. The molecule has 8 nitrogen and oxygen atoms in total. The number of ether oxygens (including phenoxy) is 2. The summed E-state index contributed by atoms with van der Waals surface area (Å²) in [6.45, 7) is 1.40. The number of methoxy groups -OCH3 is 1. The topological polar surface area (TPSA) is 93.9 Å². The minimum absolute atomic E-state index is 0.0659. The number of likely N-dealkylation sites (tertiary alicyclic amines) is 1. The van der Waals surface area contributed by atoms with Gasteiger partial charge in [0.25, 0.3) is 5.91 Å². The summed E-state index contributed by atoms with van der Waals surface area (Å²) >= 11 is 0. The van der Waals surface area contributed by atoms with Gasteiger partial charge in [0.15, 0.2) is 11.5 Å². The number of benzene rings is 1. The van der Waals surface area contributed by atoms with E-state index in [1.807, 2.05) is 12.1 Å². The number of anilines is 1. The quantitative estimate of drug-likeness (QED) is 0.607. The third kappa shape index (κ3) is 5.08. The Morgan fingerprint density at radius 3 is 2.72 bits per heavy atom. The summed E-state index contributed by atoms with van der Waals surface area (Å²) in [4.78, 5) is 31.1. The summed E-state index contributed by atoms with van der Waals surface area (Å²) < 4.78 is 16.3. The van der Waals surface area contributed by atoms with E-state index in [0.29, 0.717) is 55.3 Å². The van der Waals surface area contributed by atoms with Gasteiger partial charge in [-0.15, -0.1) is 0 Å². The van der Waals surface area contributed by atoms with Crippen LogP contribution in [0.5, 0.6) is 11.5 Å². The lowest BCUT2D eigenvalue weighted by atomic mass is 9.95. The van der Waals surface area contributed by atoms with Gasteiger partial charge in [-0.25, -0.2) is 0 Å². The second-order valence-electron chi connectivity index (χ2n) is 7.58. The molecular formula is C24H25N3O5. The molecule has 166 valence electrons. The lowest BCUT2D eigenvalue weighted by Crippen LogP contribution is -2.41. The SMILES string of the molecule is COc1ccc(NC(=O)C2CCN(C(=O)c3ccoc3)CC2)cc1OCc1cccnc1. The van der Waals surface area contributed by atoms with E-state index in [1.165, 1.54) is 12.5 Å². The Kier molecular flexibility index (Phi) is 6.69. The molecule has 0 spiro atoms. The van der Waals surface area contributed by atoms with Gasteiger partial charge in [0.2, 0.25) is 5.91 Å². The Balaban J connectivity index is 1.34. The van der Waals surface area contributed by atoms with Gasteiger partial charge >= 0.3 is 0 Å². The molecule has 1 N–H and O–H groups in total. The number of furan rings is 1. The first-order valence-corrected chi connectivity index (χ1v) is 10.5. The first-order valence-electron chi connectivity index (χ1n) is 10.5. The van der Waals surface area contributed by atoms with E-state index in [0.717, 1.165) is 5.56 Å². The zero-order valence-corrected chi connectivity index (χ0v) is 17.8. The molecule has 2 amide bonds. The van der Waals surface area contributed by atoms with Crippen LogP contribution in [0, 0.1) is 5.92 Å². The zero-order valence-electron chi connectivity index (χ0n) is 17.8. The standard InChI is InChI=1S/C24H25N3O5/c1-30-21-5-4-20(13-22(21)32-15-17-3-2-9-25-14-17)26-23(28)18-6-10-27(11-7-18)24(29)19-8-12-31-16-19/h2-5,8-9,12-14,16,18H,6-7,10-11,15H2,1H3,(H,26,28). The summed E-state index contributed by atoms with van der Waals surface area (Å²) in [5.74, 6) is 0.824. The minimum Gasteiger partial charge on any atom is -0.493 e. The van der Waals surface area contributed by atoms with Crippen LogP contribution in [0.4, 0.5) is 5.69 Å². The molecule has 0 unspecified atom stereocenters. The highest BCUT2D eigenvalue weighted by Crippen LogP contribution is 2.31. The summed E-state index contributed by atoms with van der Waals surface area (Å²) in [7, 11) is 1.57. The van der Waals surface area contributed by atoms with Crippen molar-refractivity contribution in [1.82, 2.24) is 9.88 Å². The summed E-state index contributed by atoms with van der Waals surface area (Å²) in [6, 6.07) is 10.7. The Bertz CT molecular complexity index is 1040. The number of hydrogen-bond donors (Lipinski definition) is 1. The van der Waals surface area contributed by atoms with E-state index in [2.05, 4.69) is 10.3 Å². The minimum atomic E-state index is -0.162. The molecule has 0 radical (unpaired) electrons. The molecule has 1 aromatic carbocycles. The molecule has 0 bridgehead atoms. The largest absolute Gasteiger partial charge is 0.493 e. The number of aromatic nitrogens is 1. The highest BCUT2D eigenvalue weighted by molar-refractivity contribution is 5.95. The van der Waals surface area contributed by atoms with E-state index < -0.39 is 0 Å². The average molecular weight is 435 g/mol. The maximum absolute atomic E-state index is 12.8. The van der Waals surface area contributed by atoms with Crippen molar-refractivity contribution in [2.24, 2.45) is 5.92 Å². The van der Waals surface area contributed by atoms with Crippen LogP contribution in [0.2, 0.25) is 0 Å². The molecule has 3 heterocycles. The zero-order chi connectivity index (χ0) is 22.3. The molecule has 0 saturated carbocycles. The lowest BCUT2D eigenvalue weighted by Gasteiger charge is -2.31. The number of carbonyl (C=O) groups is 2. The molecule has 3 aromatic rings. The molecule has 8 heteroatoms. The van der Waals surface area contributed by atoms with Gasteiger partial charge < -0.3 is 24.1 Å². The van der Waals surface area contributed by atoms with Crippen molar-refractivity contribution < 1.29 is 23.5 Å². The van der Waals surface area contributed by atoms with Gasteiger partial charge in [0.1, 0.15) is 12.9 Å². The van der Waals surface area contributed by atoms with E-state index in [-0.39, 0.29) is 17.7 Å². The number of nitrogens with one attached hydrogen (secondary N) is 1. The molecular weight excluding hydrogens is 410 g/mol. The first-order chi connectivity index (χ1) is 15.6. The molecule has 4 rings (SSSR count). The van der Waals surface area contributed by atoms with Crippen LogP contribution in [-0.4, -0.2) is 41.9 Å². The van der Waals surface area contributed by atoms with Gasteiger partial charge in [-0.1, -0.05) is 6.07 Å². The Morgan fingerprint density at radius 2 is 2.03 bits per heavy atom. The number of carbonyl (C=O) groups excluding carboxylic acids is 2. The first kappa shape index (κ1) is 21.4. The second-order valence-corrected chi connectivity index (χ2v) is 7.58. The number of piperidine rings is 1. The van der Waals surface area contributed by atoms with Crippen molar-refractivity contribution in [3.05, 3.63) is 72.4 Å².